The highest BCUT2D eigenvalue weighted by atomic mass is 35.5. The minimum absolute atomic E-state index is 0.00785. The van der Waals surface area contributed by atoms with E-state index in [0.29, 0.717) is 17.1 Å². The fourth-order valence-corrected chi connectivity index (χ4v) is 3.63. The number of aryl methyl sites for hydroxylation is 1. The number of rotatable bonds is 3. The Hall–Kier alpha value is -2.85. The van der Waals surface area contributed by atoms with Crippen molar-refractivity contribution in [1.29, 1.82) is 0 Å². The molecular weight excluding hydrogens is 358 g/mol. The van der Waals surface area contributed by atoms with Crippen molar-refractivity contribution < 1.29 is 4.79 Å². The molecule has 0 fully saturated rings. The molecule has 136 valence electrons. The summed E-state index contributed by atoms with van der Waals surface area (Å²) in [6.45, 7) is 3.36. The van der Waals surface area contributed by atoms with Crippen LogP contribution in [0.4, 0.5) is 11.4 Å². The van der Waals surface area contributed by atoms with Crippen LogP contribution in [0.1, 0.15) is 27.0 Å². The molecule has 1 aliphatic rings. The number of hydrogen-bond donors (Lipinski definition) is 1. The Morgan fingerprint density at radius 3 is 2.74 bits per heavy atom. The van der Waals surface area contributed by atoms with Gasteiger partial charge in [0.25, 0.3) is 5.91 Å². The number of halogens is 1. The molecular formula is C22H20ClN3O. The number of carbonyl (C=O) groups excluding carboxylic acids is 1. The predicted molar refractivity (Wildman–Crippen MR) is 109 cm³/mol. The van der Waals surface area contributed by atoms with Crippen LogP contribution in [0.2, 0.25) is 5.02 Å². The van der Waals surface area contributed by atoms with E-state index in [1.165, 1.54) is 11.1 Å². The second-order valence-electron chi connectivity index (χ2n) is 6.79. The summed E-state index contributed by atoms with van der Waals surface area (Å²) in [5.74, 6) is 0.00785. The molecule has 4 nitrogen and oxygen atoms in total. The first-order valence-electron chi connectivity index (χ1n) is 8.94. The molecule has 0 atom stereocenters. The van der Waals surface area contributed by atoms with Gasteiger partial charge in [0.05, 0.1) is 17.4 Å². The fraction of sp³-hybridized carbons (Fsp3) is 0.182. The summed E-state index contributed by atoms with van der Waals surface area (Å²) in [6, 6.07) is 15.8. The minimum Gasteiger partial charge on any atom is -0.354 e. The third-order valence-electron chi connectivity index (χ3n) is 4.87. The number of pyridine rings is 1. The molecule has 0 spiro atoms. The average molecular weight is 378 g/mol. The lowest BCUT2D eigenvalue weighted by Gasteiger charge is -2.29. The second-order valence-corrected chi connectivity index (χ2v) is 7.23. The van der Waals surface area contributed by atoms with E-state index in [9.17, 15) is 4.79 Å². The molecule has 27 heavy (non-hydrogen) atoms. The summed E-state index contributed by atoms with van der Waals surface area (Å²) in [6.07, 6.45) is 4.23. The van der Waals surface area contributed by atoms with Crippen LogP contribution in [0.15, 0.2) is 60.9 Å². The quantitative estimate of drug-likeness (QED) is 0.699. The number of anilines is 2. The van der Waals surface area contributed by atoms with Crippen LogP contribution in [0, 0.1) is 6.92 Å². The third-order valence-corrected chi connectivity index (χ3v) is 5.11. The summed E-state index contributed by atoms with van der Waals surface area (Å²) in [5.41, 5.74) is 5.89. The molecule has 0 unspecified atom stereocenters. The first-order chi connectivity index (χ1) is 13.1. The van der Waals surface area contributed by atoms with Crippen molar-refractivity contribution in [3.63, 3.8) is 0 Å². The first kappa shape index (κ1) is 17.6. The van der Waals surface area contributed by atoms with Crippen molar-refractivity contribution in [3.05, 3.63) is 88.2 Å². The Morgan fingerprint density at radius 2 is 1.93 bits per heavy atom. The van der Waals surface area contributed by atoms with Gasteiger partial charge >= 0.3 is 0 Å². The maximum atomic E-state index is 13.0. The van der Waals surface area contributed by atoms with E-state index < -0.39 is 0 Å². The molecule has 1 amide bonds. The molecule has 0 radical (unpaired) electrons. The highest BCUT2D eigenvalue weighted by Crippen LogP contribution is 2.25. The van der Waals surface area contributed by atoms with Crippen molar-refractivity contribution in [3.8, 4) is 0 Å². The summed E-state index contributed by atoms with van der Waals surface area (Å²) in [7, 11) is 0. The summed E-state index contributed by atoms with van der Waals surface area (Å²) in [5, 5.41) is 4.02. The van der Waals surface area contributed by atoms with Gasteiger partial charge in [0, 0.05) is 30.0 Å². The molecule has 2 heterocycles. The highest BCUT2D eigenvalue weighted by molar-refractivity contribution is 6.30. The Morgan fingerprint density at radius 1 is 1.11 bits per heavy atom. The number of nitrogens with zero attached hydrogens (tertiary/aromatic N) is 2. The lowest BCUT2D eigenvalue weighted by atomic mass is 9.99. The summed E-state index contributed by atoms with van der Waals surface area (Å²) in [4.78, 5) is 19.1. The molecule has 0 saturated carbocycles. The minimum atomic E-state index is 0.00785. The van der Waals surface area contributed by atoms with Gasteiger partial charge in [-0.15, -0.1) is 0 Å². The zero-order chi connectivity index (χ0) is 18.8. The van der Waals surface area contributed by atoms with E-state index in [4.69, 9.17) is 11.6 Å². The van der Waals surface area contributed by atoms with Crippen LogP contribution < -0.4 is 5.32 Å². The number of aromatic nitrogens is 1. The molecule has 5 heteroatoms. The van der Waals surface area contributed by atoms with Crippen LogP contribution in [0.25, 0.3) is 0 Å². The predicted octanol–water partition coefficient (Wildman–Crippen LogP) is 4.99. The molecule has 4 rings (SSSR count). The third kappa shape index (κ3) is 3.81. The van der Waals surface area contributed by atoms with Gasteiger partial charge in [0.1, 0.15) is 0 Å². The number of hydrogen-bond acceptors (Lipinski definition) is 3. The Kier molecular flexibility index (Phi) is 4.82. The highest BCUT2D eigenvalue weighted by Gasteiger charge is 2.22. The number of amides is 1. The van der Waals surface area contributed by atoms with E-state index >= 15 is 0 Å². The molecule has 1 N–H and O–H groups in total. The normalized spacial score (nSPS) is 13.2. The molecule has 0 aliphatic carbocycles. The number of carbonyl (C=O) groups is 1. The fourth-order valence-electron chi connectivity index (χ4n) is 3.40. The maximum absolute atomic E-state index is 13.0. The van der Waals surface area contributed by atoms with Crippen LogP contribution in [-0.4, -0.2) is 22.3 Å². The van der Waals surface area contributed by atoms with Crippen molar-refractivity contribution in [2.45, 2.75) is 19.9 Å². The second kappa shape index (κ2) is 7.41. The SMILES string of the molecule is Cc1cc(Cl)ccc1Nc1cncc(C(=O)N2CCc3ccccc3C2)c1. The van der Waals surface area contributed by atoms with Gasteiger partial charge < -0.3 is 10.2 Å². The Labute approximate surface area is 163 Å². The van der Waals surface area contributed by atoms with Crippen LogP contribution >= 0.6 is 11.6 Å². The topological polar surface area (TPSA) is 45.2 Å². The average Bonchev–Trinajstić information content (AvgIpc) is 2.69. The molecule has 1 aliphatic heterocycles. The summed E-state index contributed by atoms with van der Waals surface area (Å²) >= 11 is 6.02. The van der Waals surface area contributed by atoms with E-state index in [1.807, 2.05) is 48.2 Å². The van der Waals surface area contributed by atoms with Crippen molar-refractivity contribution in [2.24, 2.45) is 0 Å². The zero-order valence-corrected chi connectivity index (χ0v) is 15.8. The van der Waals surface area contributed by atoms with Gasteiger partial charge in [-0.1, -0.05) is 35.9 Å². The van der Waals surface area contributed by atoms with E-state index in [-0.39, 0.29) is 5.91 Å². The van der Waals surface area contributed by atoms with Crippen molar-refractivity contribution in [2.75, 3.05) is 11.9 Å². The van der Waals surface area contributed by atoms with Crippen LogP contribution in [0.5, 0.6) is 0 Å². The number of benzene rings is 2. The number of nitrogens with one attached hydrogen (secondary N) is 1. The van der Waals surface area contributed by atoms with Gasteiger partial charge in [0.15, 0.2) is 0 Å². The maximum Gasteiger partial charge on any atom is 0.255 e. The Bertz CT molecular complexity index is 1000. The van der Waals surface area contributed by atoms with E-state index in [1.54, 1.807) is 12.4 Å². The van der Waals surface area contributed by atoms with E-state index in [2.05, 4.69) is 22.4 Å². The monoisotopic (exact) mass is 377 g/mol. The van der Waals surface area contributed by atoms with Gasteiger partial charge in [-0.2, -0.15) is 0 Å². The van der Waals surface area contributed by atoms with Gasteiger partial charge in [0.2, 0.25) is 0 Å². The van der Waals surface area contributed by atoms with Gasteiger partial charge in [-0.25, -0.2) is 0 Å². The van der Waals surface area contributed by atoms with Crippen molar-refractivity contribution in [1.82, 2.24) is 9.88 Å². The number of fused-ring (bicyclic) bond motifs is 1. The molecule has 1 aromatic heterocycles. The first-order valence-corrected chi connectivity index (χ1v) is 9.32. The smallest absolute Gasteiger partial charge is 0.255 e. The van der Waals surface area contributed by atoms with Crippen LogP contribution in [0.3, 0.4) is 0 Å². The molecule has 2 aromatic carbocycles. The van der Waals surface area contributed by atoms with E-state index in [0.717, 1.165) is 29.9 Å². The molecule has 0 saturated heterocycles. The standard InChI is InChI=1S/C22H20ClN3O/c1-15-10-19(23)6-7-21(15)25-20-11-18(12-24-13-20)22(27)26-9-8-16-4-2-3-5-17(16)14-26/h2-7,10-13,25H,8-9,14H2,1H3. The lowest BCUT2D eigenvalue weighted by molar-refractivity contribution is 0.0734. The zero-order valence-electron chi connectivity index (χ0n) is 15.1. The van der Waals surface area contributed by atoms with Crippen molar-refractivity contribution >= 4 is 28.9 Å². The Balaban J connectivity index is 1.53. The lowest BCUT2D eigenvalue weighted by Crippen LogP contribution is -2.36. The largest absolute Gasteiger partial charge is 0.354 e. The molecule has 3 aromatic rings. The molecule has 0 bridgehead atoms. The van der Waals surface area contributed by atoms with Gasteiger partial charge in [-0.3, -0.25) is 9.78 Å². The summed E-state index contributed by atoms with van der Waals surface area (Å²) < 4.78 is 0. The van der Waals surface area contributed by atoms with Crippen LogP contribution in [-0.2, 0) is 13.0 Å². The van der Waals surface area contributed by atoms with Gasteiger partial charge in [-0.05, 0) is 54.3 Å².